The Hall–Kier alpha value is -1.94. The van der Waals surface area contributed by atoms with Crippen molar-refractivity contribution in [2.75, 3.05) is 6.54 Å². The SMILES string of the molecule is Cc1ccc2cc(CN(CC(=O)O)C(C)C)ccc2n1. The van der Waals surface area contributed by atoms with Crippen molar-refractivity contribution in [1.82, 2.24) is 9.88 Å². The van der Waals surface area contributed by atoms with Gasteiger partial charge >= 0.3 is 5.97 Å². The molecule has 0 saturated carbocycles. The van der Waals surface area contributed by atoms with Crippen molar-refractivity contribution in [3.63, 3.8) is 0 Å². The maximum Gasteiger partial charge on any atom is 0.317 e. The quantitative estimate of drug-likeness (QED) is 0.909. The predicted molar refractivity (Wildman–Crippen MR) is 79.7 cm³/mol. The zero-order valence-corrected chi connectivity index (χ0v) is 12.1. The van der Waals surface area contributed by atoms with Gasteiger partial charge in [0.2, 0.25) is 0 Å². The van der Waals surface area contributed by atoms with Crippen LogP contribution < -0.4 is 0 Å². The van der Waals surface area contributed by atoms with Crippen molar-refractivity contribution in [3.05, 3.63) is 41.6 Å². The van der Waals surface area contributed by atoms with Gasteiger partial charge < -0.3 is 5.11 Å². The standard InChI is InChI=1S/C16H20N2O2/c1-11(2)18(10-16(19)20)9-13-5-7-15-14(8-13)6-4-12(3)17-15/h4-8,11H,9-10H2,1-3H3,(H,19,20). The molecule has 2 aromatic rings. The van der Waals surface area contributed by atoms with Gasteiger partial charge in [0.05, 0.1) is 12.1 Å². The van der Waals surface area contributed by atoms with Crippen LogP contribution in [0.4, 0.5) is 0 Å². The van der Waals surface area contributed by atoms with Crippen LogP contribution in [0, 0.1) is 6.92 Å². The van der Waals surface area contributed by atoms with Gasteiger partial charge in [0.25, 0.3) is 0 Å². The van der Waals surface area contributed by atoms with Crippen LogP contribution in [-0.2, 0) is 11.3 Å². The van der Waals surface area contributed by atoms with Gasteiger partial charge in [-0.2, -0.15) is 0 Å². The van der Waals surface area contributed by atoms with Crippen LogP contribution in [-0.4, -0.2) is 33.5 Å². The first-order valence-electron chi connectivity index (χ1n) is 6.78. The van der Waals surface area contributed by atoms with Crippen molar-refractivity contribution in [1.29, 1.82) is 0 Å². The van der Waals surface area contributed by atoms with E-state index >= 15 is 0 Å². The molecular weight excluding hydrogens is 252 g/mol. The Kier molecular flexibility index (Phi) is 4.35. The summed E-state index contributed by atoms with van der Waals surface area (Å²) in [5, 5.41) is 10.1. The summed E-state index contributed by atoms with van der Waals surface area (Å²) in [5.74, 6) is -0.795. The number of carboxylic acids is 1. The molecule has 0 unspecified atom stereocenters. The normalized spacial score (nSPS) is 11.4. The number of pyridine rings is 1. The molecular formula is C16H20N2O2. The highest BCUT2D eigenvalue weighted by atomic mass is 16.4. The first-order chi connectivity index (χ1) is 9.45. The molecule has 2 rings (SSSR count). The van der Waals surface area contributed by atoms with Crippen LogP contribution in [0.5, 0.6) is 0 Å². The summed E-state index contributed by atoms with van der Waals surface area (Å²) >= 11 is 0. The molecule has 1 aromatic heterocycles. The van der Waals surface area contributed by atoms with Gasteiger partial charge in [-0.25, -0.2) is 0 Å². The predicted octanol–water partition coefficient (Wildman–Crippen LogP) is 2.84. The van der Waals surface area contributed by atoms with Crippen LogP contribution in [0.2, 0.25) is 0 Å². The third kappa shape index (κ3) is 3.54. The number of aliphatic carboxylic acids is 1. The van der Waals surface area contributed by atoms with Crippen LogP contribution in [0.25, 0.3) is 10.9 Å². The minimum atomic E-state index is -0.795. The van der Waals surface area contributed by atoms with E-state index in [1.54, 1.807) is 0 Å². The Morgan fingerprint density at radius 3 is 2.70 bits per heavy atom. The molecule has 1 heterocycles. The molecule has 0 saturated heterocycles. The highest BCUT2D eigenvalue weighted by molar-refractivity contribution is 5.79. The summed E-state index contributed by atoms with van der Waals surface area (Å²) in [6, 6.07) is 10.3. The second-order valence-electron chi connectivity index (χ2n) is 5.37. The monoisotopic (exact) mass is 272 g/mol. The fourth-order valence-corrected chi connectivity index (χ4v) is 2.20. The van der Waals surface area contributed by atoms with Gasteiger partial charge in [0.1, 0.15) is 0 Å². The Morgan fingerprint density at radius 2 is 2.05 bits per heavy atom. The first-order valence-corrected chi connectivity index (χ1v) is 6.78. The smallest absolute Gasteiger partial charge is 0.317 e. The lowest BCUT2D eigenvalue weighted by Crippen LogP contribution is -2.35. The van der Waals surface area contributed by atoms with Gasteiger partial charge in [0, 0.05) is 23.7 Å². The molecule has 1 aromatic carbocycles. The second kappa shape index (κ2) is 6.01. The molecule has 0 aliphatic heterocycles. The average Bonchev–Trinajstić information content (AvgIpc) is 2.37. The van der Waals surface area contributed by atoms with Crippen LogP contribution in [0.1, 0.15) is 25.1 Å². The van der Waals surface area contributed by atoms with E-state index in [1.165, 1.54) is 0 Å². The van der Waals surface area contributed by atoms with Crippen LogP contribution in [0.3, 0.4) is 0 Å². The van der Waals surface area contributed by atoms with E-state index in [0.717, 1.165) is 22.2 Å². The van der Waals surface area contributed by atoms with E-state index in [-0.39, 0.29) is 12.6 Å². The summed E-state index contributed by atoms with van der Waals surface area (Å²) in [4.78, 5) is 17.3. The number of carbonyl (C=O) groups is 1. The molecule has 4 nitrogen and oxygen atoms in total. The van der Waals surface area contributed by atoms with E-state index in [1.807, 2.05) is 43.9 Å². The third-order valence-electron chi connectivity index (χ3n) is 3.35. The number of hydrogen-bond acceptors (Lipinski definition) is 3. The number of carboxylic acid groups (broad SMARTS) is 1. The molecule has 0 atom stereocenters. The number of fused-ring (bicyclic) bond motifs is 1. The van der Waals surface area contributed by atoms with Gasteiger partial charge in [-0.05, 0) is 44.5 Å². The zero-order chi connectivity index (χ0) is 14.7. The maximum atomic E-state index is 10.9. The number of aryl methyl sites for hydroxylation is 1. The zero-order valence-electron chi connectivity index (χ0n) is 12.1. The van der Waals surface area contributed by atoms with Gasteiger partial charge in [0.15, 0.2) is 0 Å². The minimum absolute atomic E-state index is 0.0574. The van der Waals surface area contributed by atoms with E-state index in [0.29, 0.717) is 6.54 Å². The fraction of sp³-hybridized carbons (Fsp3) is 0.375. The lowest BCUT2D eigenvalue weighted by Gasteiger charge is -2.24. The summed E-state index contributed by atoms with van der Waals surface area (Å²) in [7, 11) is 0. The third-order valence-corrected chi connectivity index (χ3v) is 3.35. The van der Waals surface area contributed by atoms with Crippen LogP contribution >= 0.6 is 0 Å². The lowest BCUT2D eigenvalue weighted by atomic mass is 10.1. The highest BCUT2D eigenvalue weighted by Crippen LogP contribution is 2.17. The average molecular weight is 272 g/mol. The number of benzene rings is 1. The molecule has 20 heavy (non-hydrogen) atoms. The van der Waals surface area contributed by atoms with E-state index < -0.39 is 5.97 Å². The summed E-state index contributed by atoms with van der Waals surface area (Å²) in [6.07, 6.45) is 0. The van der Waals surface area contributed by atoms with E-state index in [9.17, 15) is 4.79 Å². The topological polar surface area (TPSA) is 53.4 Å². The van der Waals surface area contributed by atoms with Crippen molar-refractivity contribution in [2.45, 2.75) is 33.4 Å². The first kappa shape index (κ1) is 14.5. The van der Waals surface area contributed by atoms with Crippen LogP contribution in [0.15, 0.2) is 30.3 Å². The Morgan fingerprint density at radius 1 is 1.30 bits per heavy atom. The minimum Gasteiger partial charge on any atom is -0.480 e. The lowest BCUT2D eigenvalue weighted by molar-refractivity contribution is -0.138. The number of nitrogens with zero attached hydrogens (tertiary/aromatic N) is 2. The number of rotatable bonds is 5. The van der Waals surface area contributed by atoms with Crippen molar-refractivity contribution in [3.8, 4) is 0 Å². The van der Waals surface area contributed by atoms with Crippen molar-refractivity contribution < 1.29 is 9.90 Å². The second-order valence-corrected chi connectivity index (χ2v) is 5.37. The van der Waals surface area contributed by atoms with E-state index in [2.05, 4.69) is 17.1 Å². The fourth-order valence-electron chi connectivity index (χ4n) is 2.20. The van der Waals surface area contributed by atoms with Crippen molar-refractivity contribution >= 4 is 16.9 Å². The molecule has 0 fully saturated rings. The Balaban J connectivity index is 2.23. The Bertz CT molecular complexity index is 623. The van der Waals surface area contributed by atoms with Gasteiger partial charge in [-0.1, -0.05) is 12.1 Å². The largest absolute Gasteiger partial charge is 0.480 e. The summed E-state index contributed by atoms with van der Waals surface area (Å²) in [5.41, 5.74) is 3.08. The molecule has 0 aliphatic carbocycles. The Labute approximate surface area is 119 Å². The van der Waals surface area contributed by atoms with Gasteiger partial charge in [-0.3, -0.25) is 14.7 Å². The number of aromatic nitrogens is 1. The number of hydrogen-bond donors (Lipinski definition) is 1. The molecule has 4 heteroatoms. The molecule has 0 radical (unpaired) electrons. The highest BCUT2D eigenvalue weighted by Gasteiger charge is 2.13. The molecule has 0 bridgehead atoms. The molecule has 0 spiro atoms. The summed E-state index contributed by atoms with van der Waals surface area (Å²) < 4.78 is 0. The van der Waals surface area contributed by atoms with E-state index in [4.69, 9.17) is 5.11 Å². The molecule has 0 amide bonds. The van der Waals surface area contributed by atoms with Gasteiger partial charge in [-0.15, -0.1) is 0 Å². The summed E-state index contributed by atoms with van der Waals surface area (Å²) in [6.45, 7) is 6.68. The molecule has 1 N–H and O–H groups in total. The molecule has 0 aliphatic rings. The molecule has 106 valence electrons. The maximum absolute atomic E-state index is 10.9. The van der Waals surface area contributed by atoms with Crippen molar-refractivity contribution in [2.24, 2.45) is 0 Å².